The molecule has 0 aromatic carbocycles. The van der Waals surface area contributed by atoms with Crippen LogP contribution in [-0.4, -0.2) is 24.7 Å². The molecule has 1 unspecified atom stereocenters. The molecule has 2 aliphatic rings. The Morgan fingerprint density at radius 2 is 1.92 bits per heavy atom. The second-order valence-electron chi connectivity index (χ2n) is 4.52. The normalized spacial score (nSPS) is 35.2. The van der Waals surface area contributed by atoms with E-state index in [0.717, 1.165) is 6.54 Å². The lowest BCUT2D eigenvalue weighted by Crippen LogP contribution is -2.63. The van der Waals surface area contributed by atoms with E-state index in [4.69, 9.17) is 0 Å². The Kier molecular flexibility index (Phi) is 2.37. The highest BCUT2D eigenvalue weighted by Gasteiger charge is 2.34. The fourth-order valence-electron chi connectivity index (χ4n) is 2.70. The van der Waals surface area contributed by atoms with Gasteiger partial charge in [-0.05, 0) is 19.8 Å². The number of piperazine rings is 1. The summed E-state index contributed by atoms with van der Waals surface area (Å²) >= 11 is 0. The van der Waals surface area contributed by atoms with Crippen molar-refractivity contribution in [3.05, 3.63) is 0 Å². The molecule has 1 saturated carbocycles. The number of hydrogen-bond donors (Lipinski definition) is 2. The lowest BCUT2D eigenvalue weighted by molar-refractivity contribution is 0.172. The minimum atomic E-state index is 0.468. The SMILES string of the molecule is CC1CNCC2(CCCCC2)N1. The molecule has 2 fully saturated rings. The van der Waals surface area contributed by atoms with Gasteiger partial charge in [-0.2, -0.15) is 0 Å². The Balaban J connectivity index is 1.97. The zero-order chi connectivity index (χ0) is 8.44. The van der Waals surface area contributed by atoms with Gasteiger partial charge in [0.2, 0.25) is 0 Å². The lowest BCUT2D eigenvalue weighted by atomic mass is 9.80. The monoisotopic (exact) mass is 168 g/mol. The van der Waals surface area contributed by atoms with E-state index in [9.17, 15) is 0 Å². The van der Waals surface area contributed by atoms with Crippen LogP contribution in [0.1, 0.15) is 39.0 Å². The molecule has 2 rings (SSSR count). The van der Waals surface area contributed by atoms with E-state index >= 15 is 0 Å². The third-order valence-electron chi connectivity index (χ3n) is 3.28. The first kappa shape index (κ1) is 8.52. The quantitative estimate of drug-likeness (QED) is 0.569. The topological polar surface area (TPSA) is 24.1 Å². The smallest absolute Gasteiger partial charge is 0.0309 e. The maximum absolute atomic E-state index is 3.77. The van der Waals surface area contributed by atoms with E-state index in [1.807, 2.05) is 0 Å². The molecule has 1 saturated heterocycles. The van der Waals surface area contributed by atoms with Crippen LogP contribution in [0.4, 0.5) is 0 Å². The minimum Gasteiger partial charge on any atom is -0.313 e. The van der Waals surface area contributed by atoms with Crippen molar-refractivity contribution in [3.8, 4) is 0 Å². The van der Waals surface area contributed by atoms with Crippen LogP contribution in [0, 0.1) is 0 Å². The third-order valence-corrected chi connectivity index (χ3v) is 3.28. The van der Waals surface area contributed by atoms with Crippen molar-refractivity contribution in [2.45, 2.75) is 50.6 Å². The van der Waals surface area contributed by atoms with Gasteiger partial charge in [0.1, 0.15) is 0 Å². The van der Waals surface area contributed by atoms with Gasteiger partial charge in [-0.15, -0.1) is 0 Å². The van der Waals surface area contributed by atoms with Crippen molar-refractivity contribution >= 4 is 0 Å². The van der Waals surface area contributed by atoms with Gasteiger partial charge in [-0.25, -0.2) is 0 Å². The van der Waals surface area contributed by atoms with Gasteiger partial charge < -0.3 is 10.6 Å². The maximum atomic E-state index is 3.77. The van der Waals surface area contributed by atoms with Crippen molar-refractivity contribution in [2.24, 2.45) is 0 Å². The first-order valence-corrected chi connectivity index (χ1v) is 5.29. The summed E-state index contributed by atoms with van der Waals surface area (Å²) in [4.78, 5) is 0. The van der Waals surface area contributed by atoms with Gasteiger partial charge in [0.15, 0.2) is 0 Å². The summed E-state index contributed by atoms with van der Waals surface area (Å²) in [5.74, 6) is 0. The highest BCUT2D eigenvalue weighted by Crippen LogP contribution is 2.29. The average Bonchev–Trinajstić information content (AvgIpc) is 2.05. The molecule has 1 aliphatic heterocycles. The maximum Gasteiger partial charge on any atom is 0.0309 e. The zero-order valence-electron chi connectivity index (χ0n) is 8.03. The zero-order valence-corrected chi connectivity index (χ0v) is 8.03. The van der Waals surface area contributed by atoms with Crippen molar-refractivity contribution in [3.63, 3.8) is 0 Å². The van der Waals surface area contributed by atoms with E-state index in [-0.39, 0.29) is 0 Å². The summed E-state index contributed by atoms with van der Waals surface area (Å²) in [6.45, 7) is 4.61. The fraction of sp³-hybridized carbons (Fsp3) is 1.00. The van der Waals surface area contributed by atoms with Crippen LogP contribution in [0.25, 0.3) is 0 Å². The molecule has 1 atom stereocenters. The van der Waals surface area contributed by atoms with Gasteiger partial charge in [0, 0.05) is 24.7 Å². The summed E-state index contributed by atoms with van der Waals surface area (Å²) in [5.41, 5.74) is 0.468. The molecule has 2 N–H and O–H groups in total. The van der Waals surface area contributed by atoms with E-state index < -0.39 is 0 Å². The largest absolute Gasteiger partial charge is 0.313 e. The highest BCUT2D eigenvalue weighted by molar-refractivity contribution is 4.97. The van der Waals surface area contributed by atoms with E-state index in [0.29, 0.717) is 11.6 Å². The van der Waals surface area contributed by atoms with Crippen molar-refractivity contribution in [2.75, 3.05) is 13.1 Å². The van der Waals surface area contributed by atoms with Gasteiger partial charge in [-0.1, -0.05) is 19.3 Å². The van der Waals surface area contributed by atoms with Crippen LogP contribution in [0.15, 0.2) is 0 Å². The van der Waals surface area contributed by atoms with Crippen LogP contribution in [0.2, 0.25) is 0 Å². The predicted molar refractivity (Wildman–Crippen MR) is 51.3 cm³/mol. The molecule has 12 heavy (non-hydrogen) atoms. The van der Waals surface area contributed by atoms with Crippen molar-refractivity contribution in [1.82, 2.24) is 10.6 Å². The van der Waals surface area contributed by atoms with Crippen LogP contribution < -0.4 is 10.6 Å². The molecular weight excluding hydrogens is 148 g/mol. The molecule has 0 amide bonds. The Hall–Kier alpha value is -0.0800. The summed E-state index contributed by atoms with van der Waals surface area (Å²) in [7, 11) is 0. The summed E-state index contributed by atoms with van der Waals surface area (Å²) in [6.07, 6.45) is 7.04. The van der Waals surface area contributed by atoms with Crippen molar-refractivity contribution in [1.29, 1.82) is 0 Å². The standard InChI is InChI=1S/C10H20N2/c1-9-7-11-8-10(12-9)5-3-2-4-6-10/h9,11-12H,2-8H2,1H3. The molecule has 2 heteroatoms. The average molecular weight is 168 g/mol. The van der Waals surface area contributed by atoms with Gasteiger partial charge in [0.05, 0.1) is 0 Å². The number of hydrogen-bond acceptors (Lipinski definition) is 2. The summed E-state index contributed by atoms with van der Waals surface area (Å²) < 4.78 is 0. The van der Waals surface area contributed by atoms with Gasteiger partial charge in [-0.3, -0.25) is 0 Å². The molecule has 0 aromatic rings. The first-order valence-electron chi connectivity index (χ1n) is 5.29. The molecule has 2 nitrogen and oxygen atoms in total. The molecule has 0 aromatic heterocycles. The van der Waals surface area contributed by atoms with Crippen LogP contribution in [0.5, 0.6) is 0 Å². The minimum absolute atomic E-state index is 0.468. The second-order valence-corrected chi connectivity index (χ2v) is 4.52. The highest BCUT2D eigenvalue weighted by atomic mass is 15.1. The molecule has 0 bridgehead atoms. The molecule has 1 heterocycles. The Bertz CT molecular complexity index is 144. The lowest BCUT2D eigenvalue weighted by Gasteiger charge is -2.44. The summed E-state index contributed by atoms with van der Waals surface area (Å²) in [5, 5.41) is 7.30. The van der Waals surface area contributed by atoms with Gasteiger partial charge in [0.25, 0.3) is 0 Å². The second kappa shape index (κ2) is 3.35. The van der Waals surface area contributed by atoms with E-state index in [2.05, 4.69) is 17.6 Å². The van der Waals surface area contributed by atoms with E-state index in [1.165, 1.54) is 38.6 Å². The number of rotatable bonds is 0. The van der Waals surface area contributed by atoms with E-state index in [1.54, 1.807) is 0 Å². The van der Waals surface area contributed by atoms with Crippen LogP contribution >= 0.6 is 0 Å². The fourth-order valence-corrected chi connectivity index (χ4v) is 2.70. The van der Waals surface area contributed by atoms with Gasteiger partial charge >= 0.3 is 0 Å². The molecule has 0 radical (unpaired) electrons. The molecule has 70 valence electrons. The Morgan fingerprint density at radius 3 is 2.58 bits per heavy atom. The van der Waals surface area contributed by atoms with Crippen molar-refractivity contribution < 1.29 is 0 Å². The first-order chi connectivity index (χ1) is 5.81. The summed E-state index contributed by atoms with van der Waals surface area (Å²) in [6, 6.07) is 0.664. The van der Waals surface area contributed by atoms with Crippen LogP contribution in [0.3, 0.4) is 0 Å². The molecule has 1 spiro atoms. The predicted octanol–water partition coefficient (Wildman–Crippen LogP) is 1.27. The Morgan fingerprint density at radius 1 is 1.17 bits per heavy atom. The third kappa shape index (κ3) is 1.64. The Labute approximate surface area is 75.1 Å². The molecule has 1 aliphatic carbocycles. The van der Waals surface area contributed by atoms with Crippen LogP contribution in [-0.2, 0) is 0 Å². The number of nitrogens with one attached hydrogen (secondary N) is 2. The molecular formula is C10H20N2.